The molecule has 2 unspecified atom stereocenters. The molecule has 0 radical (unpaired) electrons. The fourth-order valence-corrected chi connectivity index (χ4v) is 1.76. The van der Waals surface area contributed by atoms with Crippen molar-refractivity contribution in [2.45, 2.75) is 53.2 Å². The molecule has 0 spiro atoms. The van der Waals surface area contributed by atoms with E-state index in [0.29, 0.717) is 18.8 Å². The summed E-state index contributed by atoms with van der Waals surface area (Å²) in [4.78, 5) is 10.6. The van der Waals surface area contributed by atoms with Crippen molar-refractivity contribution in [2.75, 3.05) is 0 Å². The quantitative estimate of drug-likeness (QED) is 0.585. The van der Waals surface area contributed by atoms with E-state index in [1.807, 2.05) is 6.92 Å². The Kier molecular flexibility index (Phi) is 5.97. The van der Waals surface area contributed by atoms with Crippen LogP contribution >= 0.6 is 0 Å². The predicted octanol–water partition coefficient (Wildman–Crippen LogP) is 1.85. The van der Waals surface area contributed by atoms with E-state index in [0.717, 1.165) is 6.42 Å². The fraction of sp³-hybridized carbons (Fsp3) is 0.917. The molecule has 0 rings (SSSR count). The van der Waals surface area contributed by atoms with Gasteiger partial charge in [-0.05, 0) is 25.2 Å². The minimum Gasteiger partial charge on any atom is -0.481 e. The van der Waals surface area contributed by atoms with Gasteiger partial charge >= 0.3 is 5.97 Å². The minimum atomic E-state index is -1.33. The van der Waals surface area contributed by atoms with Gasteiger partial charge in [0.25, 0.3) is 0 Å². The van der Waals surface area contributed by atoms with Crippen molar-refractivity contribution >= 4 is 5.97 Å². The van der Waals surface area contributed by atoms with Crippen LogP contribution in [-0.4, -0.2) is 27.6 Å². The second kappa shape index (κ2) is 6.21. The minimum absolute atomic E-state index is 0.290. The van der Waals surface area contributed by atoms with Crippen LogP contribution in [0.5, 0.6) is 0 Å². The molecule has 0 aliphatic carbocycles. The molecule has 0 aliphatic rings. The average molecular weight is 232 g/mol. The zero-order valence-corrected chi connectivity index (χ0v) is 10.6. The van der Waals surface area contributed by atoms with Crippen LogP contribution in [0.4, 0.5) is 0 Å². The van der Waals surface area contributed by atoms with Gasteiger partial charge in [0.15, 0.2) is 6.29 Å². The molecule has 0 aromatic carbocycles. The summed E-state index contributed by atoms with van der Waals surface area (Å²) in [5, 5.41) is 27.0. The molecule has 0 bridgehead atoms. The Bertz CT molecular complexity index is 223. The number of aliphatic carboxylic acids is 1. The van der Waals surface area contributed by atoms with E-state index in [1.54, 1.807) is 20.8 Å². The zero-order chi connectivity index (χ0) is 12.9. The number of rotatable bonds is 7. The van der Waals surface area contributed by atoms with Gasteiger partial charge in [-0.1, -0.05) is 27.7 Å². The molecular formula is C12H24O4. The Morgan fingerprint density at radius 3 is 2.06 bits per heavy atom. The first kappa shape index (κ1) is 15.4. The summed E-state index contributed by atoms with van der Waals surface area (Å²) in [5.74, 6) is -0.808. The highest BCUT2D eigenvalue weighted by molar-refractivity contribution is 5.69. The van der Waals surface area contributed by atoms with Gasteiger partial charge in [-0.15, -0.1) is 0 Å². The maximum Gasteiger partial charge on any atom is 0.306 e. The maximum absolute atomic E-state index is 10.6. The molecule has 0 saturated heterocycles. The van der Waals surface area contributed by atoms with Crippen LogP contribution in [0.15, 0.2) is 0 Å². The summed E-state index contributed by atoms with van der Waals surface area (Å²) in [5.41, 5.74) is -0.536. The van der Waals surface area contributed by atoms with E-state index in [9.17, 15) is 4.79 Å². The van der Waals surface area contributed by atoms with Gasteiger partial charge in [-0.25, -0.2) is 0 Å². The van der Waals surface area contributed by atoms with E-state index < -0.39 is 17.7 Å². The van der Waals surface area contributed by atoms with E-state index in [2.05, 4.69) is 0 Å². The second-order valence-corrected chi connectivity index (χ2v) is 5.49. The molecule has 2 atom stereocenters. The lowest BCUT2D eigenvalue weighted by molar-refractivity contribution is -0.141. The van der Waals surface area contributed by atoms with Crippen LogP contribution in [-0.2, 0) is 4.79 Å². The highest BCUT2D eigenvalue weighted by Crippen LogP contribution is 2.30. The summed E-state index contributed by atoms with van der Waals surface area (Å²) in [6.45, 7) is 7.31. The first-order chi connectivity index (χ1) is 7.16. The SMILES string of the molecule is CC(CCC(C)C(=O)O)CC(C)(C)C(O)O. The van der Waals surface area contributed by atoms with Crippen molar-refractivity contribution in [3.05, 3.63) is 0 Å². The van der Waals surface area contributed by atoms with Crippen molar-refractivity contribution in [3.8, 4) is 0 Å². The topological polar surface area (TPSA) is 77.8 Å². The summed E-state index contributed by atoms with van der Waals surface area (Å²) in [6.07, 6.45) is 0.779. The molecule has 0 amide bonds. The molecule has 0 heterocycles. The summed E-state index contributed by atoms with van der Waals surface area (Å²) < 4.78 is 0. The van der Waals surface area contributed by atoms with E-state index in [4.69, 9.17) is 15.3 Å². The van der Waals surface area contributed by atoms with Crippen LogP contribution in [0.1, 0.15) is 47.0 Å². The molecule has 96 valence electrons. The van der Waals surface area contributed by atoms with Gasteiger partial charge in [0.1, 0.15) is 0 Å². The van der Waals surface area contributed by atoms with Crippen LogP contribution in [0.25, 0.3) is 0 Å². The van der Waals surface area contributed by atoms with Gasteiger partial charge in [0.2, 0.25) is 0 Å². The van der Waals surface area contributed by atoms with Crippen LogP contribution < -0.4 is 0 Å². The lowest BCUT2D eigenvalue weighted by Gasteiger charge is -2.29. The third-order valence-electron chi connectivity index (χ3n) is 3.09. The smallest absolute Gasteiger partial charge is 0.306 e. The third kappa shape index (κ3) is 5.47. The van der Waals surface area contributed by atoms with Gasteiger partial charge in [-0.2, -0.15) is 0 Å². The first-order valence-electron chi connectivity index (χ1n) is 5.75. The highest BCUT2D eigenvalue weighted by atomic mass is 16.5. The Labute approximate surface area is 97.3 Å². The molecule has 0 aliphatic heterocycles. The monoisotopic (exact) mass is 232 g/mol. The van der Waals surface area contributed by atoms with Crippen molar-refractivity contribution in [1.82, 2.24) is 0 Å². The predicted molar refractivity (Wildman–Crippen MR) is 61.8 cm³/mol. The Morgan fingerprint density at radius 1 is 1.19 bits per heavy atom. The second-order valence-electron chi connectivity index (χ2n) is 5.49. The number of carbonyl (C=O) groups is 1. The highest BCUT2D eigenvalue weighted by Gasteiger charge is 2.28. The molecule has 16 heavy (non-hydrogen) atoms. The number of aliphatic hydroxyl groups excluding tert-OH is 1. The van der Waals surface area contributed by atoms with Crippen LogP contribution in [0.2, 0.25) is 0 Å². The molecule has 0 saturated carbocycles. The molecule has 3 N–H and O–H groups in total. The number of hydrogen-bond acceptors (Lipinski definition) is 3. The average Bonchev–Trinajstić information content (AvgIpc) is 2.12. The number of carboxylic acid groups (broad SMARTS) is 1. The van der Waals surface area contributed by atoms with Gasteiger partial charge < -0.3 is 15.3 Å². The lowest BCUT2D eigenvalue weighted by Crippen LogP contribution is -2.30. The van der Waals surface area contributed by atoms with Gasteiger partial charge in [0, 0.05) is 5.41 Å². The van der Waals surface area contributed by atoms with Crippen LogP contribution in [0.3, 0.4) is 0 Å². The number of carboxylic acids is 1. The van der Waals surface area contributed by atoms with Crippen molar-refractivity contribution in [2.24, 2.45) is 17.3 Å². The van der Waals surface area contributed by atoms with Gasteiger partial charge in [-0.3, -0.25) is 4.79 Å². The Morgan fingerprint density at radius 2 is 1.69 bits per heavy atom. The normalized spacial score (nSPS) is 16.2. The molecule has 4 nitrogen and oxygen atoms in total. The van der Waals surface area contributed by atoms with Crippen molar-refractivity contribution in [3.63, 3.8) is 0 Å². The molecule has 0 aromatic rings. The molecule has 0 fully saturated rings. The standard InChI is InChI=1S/C12H24O4/c1-8(5-6-9(2)10(13)14)7-12(3,4)11(15)16/h8-9,11,15-16H,5-7H2,1-4H3,(H,13,14). The zero-order valence-electron chi connectivity index (χ0n) is 10.6. The lowest BCUT2D eigenvalue weighted by atomic mass is 9.80. The van der Waals surface area contributed by atoms with Crippen LogP contribution in [0, 0.1) is 17.3 Å². The first-order valence-corrected chi connectivity index (χ1v) is 5.75. The maximum atomic E-state index is 10.6. The molecular weight excluding hydrogens is 208 g/mol. The van der Waals surface area contributed by atoms with Gasteiger partial charge in [0.05, 0.1) is 5.92 Å². The van der Waals surface area contributed by atoms with E-state index in [-0.39, 0.29) is 5.92 Å². The third-order valence-corrected chi connectivity index (χ3v) is 3.09. The largest absolute Gasteiger partial charge is 0.481 e. The number of hydrogen-bond donors (Lipinski definition) is 3. The van der Waals surface area contributed by atoms with Crippen molar-refractivity contribution < 1.29 is 20.1 Å². The summed E-state index contributed by atoms with van der Waals surface area (Å²) in [7, 11) is 0. The summed E-state index contributed by atoms with van der Waals surface area (Å²) >= 11 is 0. The van der Waals surface area contributed by atoms with E-state index >= 15 is 0 Å². The van der Waals surface area contributed by atoms with E-state index in [1.165, 1.54) is 0 Å². The summed E-state index contributed by atoms with van der Waals surface area (Å²) in [6, 6.07) is 0. The fourth-order valence-electron chi connectivity index (χ4n) is 1.76. The Hall–Kier alpha value is -0.610. The number of aliphatic hydroxyl groups is 2. The van der Waals surface area contributed by atoms with Crippen molar-refractivity contribution in [1.29, 1.82) is 0 Å². The molecule has 4 heteroatoms. The Balaban J connectivity index is 4.00. The molecule has 0 aromatic heterocycles.